The average molecular weight is 1360 g/mol. The number of carboxylic acid groups (broad SMARTS) is 6. The van der Waals surface area contributed by atoms with Crippen LogP contribution in [-0.2, 0) is 42.3 Å². The van der Waals surface area contributed by atoms with Crippen LogP contribution < -0.4 is 69.3 Å². The third kappa shape index (κ3) is 19.3. The summed E-state index contributed by atoms with van der Waals surface area (Å²) in [5.41, 5.74) is 10.4. The molecule has 0 unspecified atom stereocenters. The first kappa shape index (κ1) is 77.0. The summed E-state index contributed by atoms with van der Waals surface area (Å²) in [6.45, 7) is 9.36. The van der Waals surface area contributed by atoms with E-state index in [1.54, 1.807) is 66.1 Å². The number of carboxylic acids is 6. The molecule has 0 spiro atoms. The van der Waals surface area contributed by atoms with Gasteiger partial charge in [-0.1, -0.05) is 12.1 Å². The molecule has 0 saturated heterocycles. The molecule has 0 aliphatic rings. The Morgan fingerprint density at radius 3 is 1.27 bits per heavy atom. The molecular weight excluding hydrogens is 1300 g/mol. The quantitative estimate of drug-likeness (QED) is 0.113. The molecule has 12 aromatic heterocycles. The Bertz CT molecular complexity index is 4550. The van der Waals surface area contributed by atoms with Crippen LogP contribution in [-0.4, -0.2) is 150 Å². The minimum Gasteiger partial charge on any atom is -0.543 e. The monoisotopic (exact) mass is 1360 g/mol. The van der Waals surface area contributed by atoms with Gasteiger partial charge in [0.15, 0.2) is 22.8 Å². The molecule has 0 radical (unpaired) electrons. The molecule has 488 valence electrons. The predicted molar refractivity (Wildman–Crippen MR) is 334 cm³/mol. The molecule has 0 amide bonds. The Morgan fingerprint density at radius 2 is 0.845 bits per heavy atom. The van der Waals surface area contributed by atoms with Gasteiger partial charge in [-0.2, -0.15) is 30.6 Å². The van der Waals surface area contributed by atoms with Gasteiger partial charge >= 0.3 is 83.0 Å². The molecule has 31 nitrogen and oxygen atoms in total. The summed E-state index contributed by atoms with van der Waals surface area (Å²) >= 11 is 1.42. The maximum atomic E-state index is 13.0. The Balaban J connectivity index is 0.000000209. The van der Waals surface area contributed by atoms with Gasteiger partial charge in [-0.15, -0.1) is 11.3 Å². The fraction of sp³-hybridized carbons (Fsp3) is 0.177. The van der Waals surface area contributed by atoms with Crippen molar-refractivity contribution in [2.75, 3.05) is 0 Å². The van der Waals surface area contributed by atoms with Gasteiger partial charge < -0.3 is 40.2 Å². The Hall–Kier alpha value is -10.7. The fourth-order valence-electron chi connectivity index (χ4n) is 8.91. The minimum atomic E-state index is -1.37. The van der Waals surface area contributed by atoms with Crippen LogP contribution in [0.3, 0.4) is 0 Å². The molecule has 0 bridgehead atoms. The predicted octanol–water partition coefficient (Wildman–Crippen LogP) is -0.442. The average Bonchev–Trinajstić information content (AvgIpc) is 1.81. The minimum absolute atomic E-state index is 0. The molecule has 0 saturated carbocycles. The Kier molecular flexibility index (Phi) is 27.5. The summed E-state index contributed by atoms with van der Waals surface area (Å²) in [7, 11) is 9.41. The number of aromatic nitrogens is 19. The maximum Gasteiger partial charge on any atom is 1.00 e. The van der Waals surface area contributed by atoms with Gasteiger partial charge in [-0.25, -0.2) is 28.6 Å². The summed E-state index contributed by atoms with van der Waals surface area (Å²) in [6, 6.07) is 15.2. The first-order chi connectivity index (χ1) is 45.1. The van der Waals surface area contributed by atoms with E-state index in [1.165, 1.54) is 91.2 Å². The van der Waals surface area contributed by atoms with Crippen molar-refractivity contribution in [3.8, 4) is 66.9 Å². The zero-order chi connectivity index (χ0) is 69.5. The van der Waals surface area contributed by atoms with Gasteiger partial charge in [0, 0.05) is 101 Å². The largest absolute Gasteiger partial charge is 1.00 e. The SMILES string of the molecule is Cc1cccc(-c2cnn(C)c2C(=O)O)n1.Cc1cccnc1-c1cnn(C)c1C(=O)O.Cc1ccnc(-c2cnn(C)c2C(=O)[O-])c1.Cc1cnc(-c2cnn(C)c2C(=O)O)cn1.Cc1csc(-c2cnn(C)c2C(=O)O)n1.Cn1ncc(-c2cc(F)ccn2)c1C(=O)[O-].[Na+].[Na+]. The molecule has 0 aliphatic heterocycles. The summed E-state index contributed by atoms with van der Waals surface area (Å²) in [5, 5.41) is 84.0. The number of aryl methyl sites for hydroxylation is 11. The number of nitrogens with zero attached hydrogens (tertiary/aromatic N) is 19. The van der Waals surface area contributed by atoms with Crippen molar-refractivity contribution in [3.63, 3.8) is 0 Å². The third-order valence-electron chi connectivity index (χ3n) is 13.4. The molecule has 0 fully saturated rings. The second-order valence-electron chi connectivity index (χ2n) is 20.2. The second kappa shape index (κ2) is 34.6. The van der Waals surface area contributed by atoms with Crippen LogP contribution in [0.25, 0.3) is 66.9 Å². The van der Waals surface area contributed by atoms with Crippen LogP contribution in [0.1, 0.15) is 91.1 Å². The third-order valence-corrected chi connectivity index (χ3v) is 14.3. The molecule has 12 aromatic rings. The van der Waals surface area contributed by atoms with Gasteiger partial charge in [0.25, 0.3) is 0 Å². The molecule has 0 aliphatic carbocycles. The fourth-order valence-corrected chi connectivity index (χ4v) is 9.72. The van der Waals surface area contributed by atoms with Gasteiger partial charge in [0.1, 0.15) is 10.8 Å². The topological polar surface area (TPSA) is 427 Å². The zero-order valence-electron chi connectivity index (χ0n) is 54.5. The summed E-state index contributed by atoms with van der Waals surface area (Å²) in [4.78, 5) is 95.0. The van der Waals surface area contributed by atoms with Crippen molar-refractivity contribution in [3.05, 3.63) is 196 Å². The zero-order valence-corrected chi connectivity index (χ0v) is 59.3. The molecule has 4 N–H and O–H groups in total. The first-order valence-electron chi connectivity index (χ1n) is 27.7. The van der Waals surface area contributed by atoms with Crippen molar-refractivity contribution >= 4 is 47.2 Å². The van der Waals surface area contributed by atoms with E-state index in [4.69, 9.17) is 20.4 Å². The van der Waals surface area contributed by atoms with Crippen LogP contribution in [0.4, 0.5) is 4.39 Å². The van der Waals surface area contributed by atoms with Crippen molar-refractivity contribution < 1.29 is 123 Å². The van der Waals surface area contributed by atoms with Crippen LogP contribution >= 0.6 is 11.3 Å². The number of halogens is 1. The van der Waals surface area contributed by atoms with Gasteiger partial charge in [-0.3, -0.25) is 58.0 Å². The van der Waals surface area contributed by atoms with E-state index in [0.717, 1.165) is 39.0 Å². The van der Waals surface area contributed by atoms with Crippen LogP contribution in [0, 0.1) is 40.4 Å². The number of aromatic carboxylic acids is 6. The van der Waals surface area contributed by atoms with Crippen LogP contribution in [0.2, 0.25) is 0 Å². The van der Waals surface area contributed by atoms with Crippen molar-refractivity contribution in [1.29, 1.82) is 0 Å². The van der Waals surface area contributed by atoms with Gasteiger partial charge in [-0.05, 0) is 82.1 Å². The van der Waals surface area contributed by atoms with E-state index in [1.807, 2.05) is 76.4 Å². The molecule has 12 heterocycles. The van der Waals surface area contributed by atoms with Crippen LogP contribution in [0.5, 0.6) is 0 Å². The van der Waals surface area contributed by atoms with E-state index in [-0.39, 0.29) is 105 Å². The molecular formula is C62H58FN19Na2O12S. The molecule has 0 atom stereocenters. The number of pyridine rings is 4. The number of carbonyl (C=O) groups is 6. The summed E-state index contributed by atoms with van der Waals surface area (Å²) < 4.78 is 20.7. The Morgan fingerprint density at radius 1 is 0.412 bits per heavy atom. The number of thiazole rings is 1. The standard InChI is InChI=1S/3C11H11N3O2.C10H8FN3O2.C10H10N4O2.C9H9N3O2S.2Na/c1-7-3-4-12-9(5-7)8-6-13-14(2)10(8)11(15)16;1-7-4-3-5-12-9(7)8-6-13-14(2)10(8)11(15)16;1-7-4-3-5-9(13-7)8-6-12-14(2)10(8)11(15)16;1-14-9(10(15)16)7(5-13-14)8-4-6(11)2-3-12-8;1-6-3-12-8(5-11-6)7-4-13-14(2)9(7)10(15)16;1-5-4-15-8(11-5)6-3-10-12(2)7(6)9(13)14;;/h3*3-6H,1-2H3,(H,15,16);2-5H,1H3,(H,15,16);3-5H,1-2H3,(H,15,16);3-4H,1-2H3,(H,13,14);;/q;;;;;;2*+1/p-2. The second-order valence-corrected chi connectivity index (χ2v) is 21.1. The number of hydrogen-bond donors (Lipinski definition) is 4. The van der Waals surface area contributed by atoms with Crippen molar-refractivity contribution in [2.45, 2.75) is 34.6 Å². The van der Waals surface area contributed by atoms with Crippen LogP contribution in [0.15, 0.2) is 128 Å². The summed E-state index contributed by atoms with van der Waals surface area (Å²) in [6.07, 6.45) is 16.5. The van der Waals surface area contributed by atoms with Gasteiger partial charge in [0.2, 0.25) is 0 Å². The van der Waals surface area contributed by atoms with E-state index in [9.17, 15) is 43.4 Å². The Labute approximate surface area is 599 Å². The molecule has 0 aromatic carbocycles. The van der Waals surface area contributed by atoms with Crippen molar-refractivity contribution in [1.82, 2.24) is 93.6 Å². The smallest absolute Gasteiger partial charge is 0.543 e. The van der Waals surface area contributed by atoms with Gasteiger partial charge in [0.05, 0.1) is 123 Å². The molecule has 35 heteroatoms. The maximum absolute atomic E-state index is 13.0. The molecule has 97 heavy (non-hydrogen) atoms. The number of rotatable bonds is 12. The van der Waals surface area contributed by atoms with E-state index in [2.05, 4.69) is 65.5 Å². The summed E-state index contributed by atoms with van der Waals surface area (Å²) in [5.74, 6) is -7.13. The van der Waals surface area contributed by atoms with E-state index >= 15 is 0 Å². The van der Waals surface area contributed by atoms with E-state index < -0.39 is 41.6 Å². The normalized spacial score (nSPS) is 10.2. The molecule has 12 rings (SSSR count). The van der Waals surface area contributed by atoms with Crippen molar-refractivity contribution in [2.24, 2.45) is 42.3 Å². The van der Waals surface area contributed by atoms with E-state index in [0.29, 0.717) is 55.6 Å². The number of hydrogen-bond acceptors (Lipinski definition) is 22. The first-order valence-corrected chi connectivity index (χ1v) is 28.6. The number of carbonyl (C=O) groups excluding carboxylic acids is 2.